The zero-order valence-corrected chi connectivity index (χ0v) is 13.1. The summed E-state index contributed by atoms with van der Waals surface area (Å²) < 4.78 is 5.94. The van der Waals surface area contributed by atoms with Crippen LogP contribution in [0.25, 0.3) is 0 Å². The number of esters is 1. The fourth-order valence-electron chi connectivity index (χ4n) is 3.68. The van der Waals surface area contributed by atoms with Crippen molar-refractivity contribution in [3.8, 4) is 0 Å². The molecule has 0 N–H and O–H groups in total. The van der Waals surface area contributed by atoms with E-state index in [9.17, 15) is 4.79 Å². The number of carbonyl (C=O) groups excluding carboxylic acids is 1. The van der Waals surface area contributed by atoms with Crippen LogP contribution in [0.5, 0.6) is 0 Å². The standard InChI is InChI=1S/C17H30O2/c1-5-16(2,3)15(18)19-17(4)11-10-13-8-6-7-9-14(13)12-17/h13-14H,5-12H2,1-4H3. The highest BCUT2D eigenvalue weighted by Gasteiger charge is 2.42. The first kappa shape index (κ1) is 14.9. The molecule has 3 unspecified atom stereocenters. The maximum absolute atomic E-state index is 12.3. The van der Waals surface area contributed by atoms with Gasteiger partial charge in [-0.1, -0.05) is 32.6 Å². The van der Waals surface area contributed by atoms with Crippen LogP contribution in [-0.2, 0) is 9.53 Å². The zero-order valence-electron chi connectivity index (χ0n) is 13.1. The Balaban J connectivity index is 1.98. The van der Waals surface area contributed by atoms with Crippen molar-refractivity contribution in [3.05, 3.63) is 0 Å². The van der Waals surface area contributed by atoms with Crippen LogP contribution < -0.4 is 0 Å². The predicted molar refractivity (Wildman–Crippen MR) is 77.9 cm³/mol. The second-order valence-electron chi connectivity index (χ2n) is 7.62. The molecular weight excluding hydrogens is 236 g/mol. The van der Waals surface area contributed by atoms with Gasteiger partial charge < -0.3 is 4.74 Å². The Bertz CT molecular complexity index is 334. The van der Waals surface area contributed by atoms with Crippen molar-refractivity contribution in [2.24, 2.45) is 17.3 Å². The smallest absolute Gasteiger partial charge is 0.312 e. The molecule has 0 aromatic rings. The lowest BCUT2D eigenvalue weighted by Gasteiger charge is -2.45. The topological polar surface area (TPSA) is 26.3 Å². The summed E-state index contributed by atoms with van der Waals surface area (Å²) in [6.45, 7) is 8.19. The van der Waals surface area contributed by atoms with Crippen molar-refractivity contribution in [2.75, 3.05) is 0 Å². The number of ether oxygens (including phenoxy) is 1. The fourth-order valence-corrected chi connectivity index (χ4v) is 3.68. The molecule has 0 amide bonds. The molecule has 2 aliphatic rings. The minimum atomic E-state index is -0.341. The number of rotatable bonds is 3. The minimum Gasteiger partial charge on any atom is -0.459 e. The van der Waals surface area contributed by atoms with E-state index in [0.29, 0.717) is 0 Å². The molecule has 2 fully saturated rings. The van der Waals surface area contributed by atoms with Gasteiger partial charge in [-0.05, 0) is 58.3 Å². The van der Waals surface area contributed by atoms with Crippen molar-refractivity contribution >= 4 is 5.97 Å². The molecule has 0 heterocycles. The van der Waals surface area contributed by atoms with Gasteiger partial charge in [0.05, 0.1) is 5.41 Å². The monoisotopic (exact) mass is 266 g/mol. The SMILES string of the molecule is CCC(C)(C)C(=O)OC1(C)CCC2CCCCC2C1. The first-order chi connectivity index (χ1) is 8.86. The molecule has 110 valence electrons. The Morgan fingerprint density at radius 1 is 1.21 bits per heavy atom. The van der Waals surface area contributed by atoms with Crippen molar-refractivity contribution in [3.63, 3.8) is 0 Å². The second kappa shape index (κ2) is 5.46. The van der Waals surface area contributed by atoms with E-state index in [4.69, 9.17) is 4.74 Å². The molecule has 2 nitrogen and oxygen atoms in total. The van der Waals surface area contributed by atoms with E-state index in [1.165, 1.54) is 32.1 Å². The number of fused-ring (bicyclic) bond motifs is 1. The molecule has 0 aliphatic heterocycles. The average Bonchev–Trinajstić information content (AvgIpc) is 2.38. The lowest BCUT2D eigenvalue weighted by Crippen LogP contribution is -2.44. The summed E-state index contributed by atoms with van der Waals surface area (Å²) in [4.78, 5) is 12.3. The minimum absolute atomic E-state index is 0.00763. The van der Waals surface area contributed by atoms with Gasteiger partial charge in [0.1, 0.15) is 5.60 Å². The number of hydrogen-bond acceptors (Lipinski definition) is 2. The largest absolute Gasteiger partial charge is 0.459 e. The molecule has 2 aliphatic carbocycles. The van der Waals surface area contributed by atoms with Crippen LogP contribution in [0.1, 0.15) is 79.1 Å². The van der Waals surface area contributed by atoms with Crippen LogP contribution in [0, 0.1) is 17.3 Å². The molecule has 0 bridgehead atoms. The third-order valence-electron chi connectivity index (χ3n) is 5.58. The Morgan fingerprint density at radius 3 is 2.47 bits per heavy atom. The summed E-state index contributed by atoms with van der Waals surface area (Å²) in [6.07, 6.45) is 9.74. The summed E-state index contributed by atoms with van der Waals surface area (Å²) >= 11 is 0. The third-order valence-corrected chi connectivity index (χ3v) is 5.58. The molecule has 2 rings (SSSR count). The molecule has 19 heavy (non-hydrogen) atoms. The van der Waals surface area contributed by atoms with E-state index in [-0.39, 0.29) is 17.0 Å². The van der Waals surface area contributed by atoms with Crippen LogP contribution in [0.15, 0.2) is 0 Å². The first-order valence-corrected chi connectivity index (χ1v) is 8.10. The highest BCUT2D eigenvalue weighted by Crippen LogP contribution is 2.46. The molecular formula is C17H30O2. The van der Waals surface area contributed by atoms with E-state index < -0.39 is 0 Å². The van der Waals surface area contributed by atoms with Crippen molar-refractivity contribution in [2.45, 2.75) is 84.7 Å². The summed E-state index contributed by atoms with van der Waals surface area (Å²) in [7, 11) is 0. The van der Waals surface area contributed by atoms with Crippen LogP contribution in [0.2, 0.25) is 0 Å². The summed E-state index contributed by atoms with van der Waals surface area (Å²) in [5.41, 5.74) is -0.547. The quantitative estimate of drug-likeness (QED) is 0.691. The van der Waals surface area contributed by atoms with E-state index in [2.05, 4.69) is 13.8 Å². The Kier molecular flexibility index (Phi) is 4.27. The van der Waals surface area contributed by atoms with Gasteiger partial charge in [0.25, 0.3) is 0 Å². The highest BCUT2D eigenvalue weighted by molar-refractivity contribution is 5.76. The Labute approximate surface area is 118 Å². The van der Waals surface area contributed by atoms with Crippen LogP contribution in [-0.4, -0.2) is 11.6 Å². The van der Waals surface area contributed by atoms with Gasteiger partial charge in [-0.15, -0.1) is 0 Å². The lowest BCUT2D eigenvalue weighted by atomic mass is 9.66. The van der Waals surface area contributed by atoms with Gasteiger partial charge in [-0.2, -0.15) is 0 Å². The normalized spacial score (nSPS) is 35.6. The van der Waals surface area contributed by atoms with E-state index in [0.717, 1.165) is 31.1 Å². The lowest BCUT2D eigenvalue weighted by molar-refractivity contribution is -0.176. The van der Waals surface area contributed by atoms with Gasteiger partial charge in [-0.3, -0.25) is 4.79 Å². The molecule has 2 saturated carbocycles. The van der Waals surface area contributed by atoms with Crippen molar-refractivity contribution in [1.29, 1.82) is 0 Å². The van der Waals surface area contributed by atoms with Crippen LogP contribution >= 0.6 is 0 Å². The van der Waals surface area contributed by atoms with E-state index in [1.807, 2.05) is 13.8 Å². The van der Waals surface area contributed by atoms with E-state index >= 15 is 0 Å². The molecule has 3 atom stereocenters. The third kappa shape index (κ3) is 3.32. The molecule has 0 aromatic heterocycles. The maximum Gasteiger partial charge on any atom is 0.312 e. The van der Waals surface area contributed by atoms with Gasteiger partial charge in [-0.25, -0.2) is 0 Å². The first-order valence-electron chi connectivity index (χ1n) is 8.10. The van der Waals surface area contributed by atoms with Gasteiger partial charge >= 0.3 is 5.97 Å². The summed E-state index contributed by atoms with van der Waals surface area (Å²) in [6, 6.07) is 0. The molecule has 2 heteroatoms. The average molecular weight is 266 g/mol. The summed E-state index contributed by atoms with van der Waals surface area (Å²) in [5.74, 6) is 1.69. The van der Waals surface area contributed by atoms with Crippen molar-refractivity contribution in [1.82, 2.24) is 0 Å². The van der Waals surface area contributed by atoms with Gasteiger partial charge in [0, 0.05) is 0 Å². The summed E-state index contributed by atoms with van der Waals surface area (Å²) in [5, 5.41) is 0. The van der Waals surface area contributed by atoms with Crippen LogP contribution in [0.3, 0.4) is 0 Å². The highest BCUT2D eigenvalue weighted by atomic mass is 16.6. The molecule has 0 saturated heterocycles. The fraction of sp³-hybridized carbons (Fsp3) is 0.941. The second-order valence-corrected chi connectivity index (χ2v) is 7.62. The van der Waals surface area contributed by atoms with Gasteiger partial charge in [0.15, 0.2) is 0 Å². The predicted octanol–water partition coefficient (Wildman–Crippen LogP) is 4.71. The van der Waals surface area contributed by atoms with Gasteiger partial charge in [0.2, 0.25) is 0 Å². The Hall–Kier alpha value is -0.530. The van der Waals surface area contributed by atoms with Crippen molar-refractivity contribution < 1.29 is 9.53 Å². The molecule has 0 radical (unpaired) electrons. The zero-order chi connectivity index (χ0) is 14.1. The molecule has 0 aromatic carbocycles. The number of hydrogen-bond donors (Lipinski definition) is 0. The number of carbonyl (C=O) groups is 1. The maximum atomic E-state index is 12.3. The van der Waals surface area contributed by atoms with E-state index in [1.54, 1.807) is 0 Å². The Morgan fingerprint density at radius 2 is 1.84 bits per heavy atom. The molecule has 0 spiro atoms. The van der Waals surface area contributed by atoms with Crippen LogP contribution in [0.4, 0.5) is 0 Å².